The number of furan rings is 1. The molecule has 0 radical (unpaired) electrons. The standard InChI is InChI=1S/C26H25FN4O2/c1-17-4-3-5-23(18(17)2)30-11-13-31(14-12-30)26(32)22-16-24-21(10-15-33-24)25(29-22)28-20-8-6-19(27)7-9-20/h3-10,15-16H,11-14H2,1-2H3,(H,28,29). The molecule has 0 saturated carbocycles. The number of fused-ring (bicyclic) bond motifs is 1. The predicted molar refractivity (Wildman–Crippen MR) is 128 cm³/mol. The monoisotopic (exact) mass is 444 g/mol. The van der Waals surface area contributed by atoms with Crippen molar-refractivity contribution in [2.45, 2.75) is 13.8 Å². The maximum atomic E-state index is 13.3. The minimum absolute atomic E-state index is 0.129. The zero-order valence-corrected chi connectivity index (χ0v) is 18.6. The van der Waals surface area contributed by atoms with Crippen molar-refractivity contribution in [3.05, 3.63) is 83.5 Å². The molecule has 0 aliphatic carbocycles. The Kier molecular flexibility index (Phi) is 5.46. The van der Waals surface area contributed by atoms with E-state index in [-0.39, 0.29) is 11.7 Å². The summed E-state index contributed by atoms with van der Waals surface area (Å²) in [5.74, 6) is 0.0622. The molecule has 0 atom stereocenters. The van der Waals surface area contributed by atoms with E-state index in [1.54, 1.807) is 30.5 Å². The van der Waals surface area contributed by atoms with Crippen molar-refractivity contribution in [1.29, 1.82) is 0 Å². The topological polar surface area (TPSA) is 61.6 Å². The van der Waals surface area contributed by atoms with Crippen LogP contribution in [-0.4, -0.2) is 42.0 Å². The molecule has 2 aromatic carbocycles. The Bertz CT molecular complexity index is 1310. The Morgan fingerprint density at radius 1 is 1.03 bits per heavy atom. The van der Waals surface area contributed by atoms with Gasteiger partial charge in [-0.05, 0) is 61.4 Å². The number of halogens is 1. The van der Waals surface area contributed by atoms with Gasteiger partial charge in [0, 0.05) is 43.6 Å². The summed E-state index contributed by atoms with van der Waals surface area (Å²) in [6.45, 7) is 7.02. The third kappa shape index (κ3) is 4.14. The van der Waals surface area contributed by atoms with Gasteiger partial charge in [0.2, 0.25) is 0 Å². The summed E-state index contributed by atoms with van der Waals surface area (Å²) in [5.41, 5.74) is 5.34. The van der Waals surface area contributed by atoms with E-state index in [0.29, 0.717) is 35.9 Å². The van der Waals surface area contributed by atoms with Crippen molar-refractivity contribution in [3.8, 4) is 0 Å². The summed E-state index contributed by atoms with van der Waals surface area (Å²) in [6.07, 6.45) is 1.57. The second kappa shape index (κ2) is 8.58. The number of hydrogen-bond donors (Lipinski definition) is 1. The summed E-state index contributed by atoms with van der Waals surface area (Å²) in [6, 6.07) is 15.8. The Morgan fingerprint density at radius 3 is 2.55 bits per heavy atom. The van der Waals surface area contributed by atoms with E-state index in [2.05, 4.69) is 47.2 Å². The van der Waals surface area contributed by atoms with Crippen LogP contribution in [-0.2, 0) is 0 Å². The van der Waals surface area contributed by atoms with Crippen molar-refractivity contribution < 1.29 is 13.6 Å². The molecular weight excluding hydrogens is 419 g/mol. The van der Waals surface area contributed by atoms with Crippen LogP contribution in [0.1, 0.15) is 21.6 Å². The number of amides is 1. The van der Waals surface area contributed by atoms with Crippen LogP contribution in [0.4, 0.5) is 21.6 Å². The molecule has 1 fully saturated rings. The second-order valence-corrected chi connectivity index (χ2v) is 8.32. The lowest BCUT2D eigenvalue weighted by Gasteiger charge is -2.37. The third-order valence-corrected chi connectivity index (χ3v) is 6.26. The van der Waals surface area contributed by atoms with Crippen LogP contribution in [0, 0.1) is 19.7 Å². The lowest BCUT2D eigenvalue weighted by Crippen LogP contribution is -2.49. The molecule has 2 aromatic heterocycles. The quantitative estimate of drug-likeness (QED) is 0.463. The van der Waals surface area contributed by atoms with E-state index < -0.39 is 0 Å². The maximum Gasteiger partial charge on any atom is 0.272 e. The molecule has 6 nitrogen and oxygen atoms in total. The van der Waals surface area contributed by atoms with Crippen molar-refractivity contribution >= 4 is 34.1 Å². The number of hydrogen-bond acceptors (Lipinski definition) is 5. The first-order chi connectivity index (χ1) is 16.0. The molecule has 3 heterocycles. The van der Waals surface area contributed by atoms with Gasteiger partial charge in [0.25, 0.3) is 5.91 Å². The Hall–Kier alpha value is -3.87. The molecule has 0 bridgehead atoms. The van der Waals surface area contributed by atoms with E-state index in [1.807, 2.05) is 4.90 Å². The highest BCUT2D eigenvalue weighted by atomic mass is 19.1. The second-order valence-electron chi connectivity index (χ2n) is 8.32. The highest BCUT2D eigenvalue weighted by molar-refractivity contribution is 5.99. The SMILES string of the molecule is Cc1cccc(N2CCN(C(=O)c3cc4occc4c(Nc4ccc(F)cc4)n3)CC2)c1C. The highest BCUT2D eigenvalue weighted by Crippen LogP contribution is 2.28. The number of benzene rings is 2. The molecule has 7 heteroatoms. The molecule has 1 saturated heterocycles. The Balaban J connectivity index is 1.35. The molecule has 0 unspecified atom stereocenters. The van der Waals surface area contributed by atoms with Crippen LogP contribution in [0.2, 0.25) is 0 Å². The van der Waals surface area contributed by atoms with E-state index in [1.165, 1.54) is 28.9 Å². The van der Waals surface area contributed by atoms with Gasteiger partial charge in [0.05, 0.1) is 11.6 Å². The summed E-state index contributed by atoms with van der Waals surface area (Å²) >= 11 is 0. The molecule has 0 spiro atoms. The van der Waals surface area contributed by atoms with E-state index in [4.69, 9.17) is 4.42 Å². The summed E-state index contributed by atoms with van der Waals surface area (Å²) in [4.78, 5) is 22.1. The number of carbonyl (C=O) groups is 1. The van der Waals surface area contributed by atoms with Crippen LogP contribution in [0.3, 0.4) is 0 Å². The zero-order valence-electron chi connectivity index (χ0n) is 18.6. The van der Waals surface area contributed by atoms with Gasteiger partial charge in [-0.25, -0.2) is 9.37 Å². The fourth-order valence-corrected chi connectivity index (χ4v) is 4.23. The molecule has 1 aliphatic rings. The van der Waals surface area contributed by atoms with Gasteiger partial charge < -0.3 is 19.5 Å². The first kappa shape index (κ1) is 21.0. The number of nitrogens with one attached hydrogen (secondary N) is 1. The number of aryl methyl sites for hydroxylation is 1. The van der Waals surface area contributed by atoms with Crippen LogP contribution in [0.25, 0.3) is 11.0 Å². The number of nitrogens with zero attached hydrogens (tertiary/aromatic N) is 3. The number of anilines is 3. The molecular formula is C26H25FN4O2. The number of rotatable bonds is 4. The van der Waals surface area contributed by atoms with Gasteiger partial charge in [-0.15, -0.1) is 0 Å². The lowest BCUT2D eigenvalue weighted by atomic mass is 10.1. The average Bonchev–Trinajstić information content (AvgIpc) is 3.31. The lowest BCUT2D eigenvalue weighted by molar-refractivity contribution is 0.0741. The number of carbonyl (C=O) groups excluding carboxylic acids is 1. The number of piperazine rings is 1. The van der Waals surface area contributed by atoms with E-state index >= 15 is 0 Å². The molecule has 168 valence electrons. The van der Waals surface area contributed by atoms with Gasteiger partial charge in [0.1, 0.15) is 22.9 Å². The van der Waals surface area contributed by atoms with Gasteiger partial charge >= 0.3 is 0 Å². The smallest absolute Gasteiger partial charge is 0.272 e. The van der Waals surface area contributed by atoms with Crippen molar-refractivity contribution in [3.63, 3.8) is 0 Å². The summed E-state index contributed by atoms with van der Waals surface area (Å²) < 4.78 is 18.8. The molecule has 4 aromatic rings. The van der Waals surface area contributed by atoms with Crippen LogP contribution < -0.4 is 10.2 Å². The van der Waals surface area contributed by atoms with Gasteiger partial charge in [-0.1, -0.05) is 12.1 Å². The molecule has 1 N–H and O–H groups in total. The summed E-state index contributed by atoms with van der Waals surface area (Å²) in [7, 11) is 0. The third-order valence-electron chi connectivity index (χ3n) is 6.26. The molecule has 5 rings (SSSR count). The van der Waals surface area contributed by atoms with Gasteiger partial charge in [0.15, 0.2) is 0 Å². The molecule has 33 heavy (non-hydrogen) atoms. The van der Waals surface area contributed by atoms with Crippen molar-refractivity contribution in [2.24, 2.45) is 0 Å². The Labute approximate surface area is 191 Å². The fraction of sp³-hybridized carbons (Fsp3) is 0.231. The van der Waals surface area contributed by atoms with Gasteiger partial charge in [-0.2, -0.15) is 0 Å². The minimum Gasteiger partial charge on any atom is -0.464 e. The van der Waals surface area contributed by atoms with E-state index in [9.17, 15) is 9.18 Å². The predicted octanol–water partition coefficient (Wildman–Crippen LogP) is 5.29. The minimum atomic E-state index is -0.314. The summed E-state index contributed by atoms with van der Waals surface area (Å²) in [5, 5.41) is 3.94. The highest BCUT2D eigenvalue weighted by Gasteiger charge is 2.25. The van der Waals surface area contributed by atoms with Crippen molar-refractivity contribution in [2.75, 3.05) is 36.4 Å². The normalized spacial score (nSPS) is 14.0. The van der Waals surface area contributed by atoms with Crippen LogP contribution in [0.15, 0.2) is 65.3 Å². The molecule has 1 amide bonds. The van der Waals surface area contributed by atoms with Crippen LogP contribution >= 0.6 is 0 Å². The number of aromatic nitrogens is 1. The largest absolute Gasteiger partial charge is 0.464 e. The zero-order chi connectivity index (χ0) is 22.9. The Morgan fingerprint density at radius 2 is 1.79 bits per heavy atom. The van der Waals surface area contributed by atoms with Crippen molar-refractivity contribution in [1.82, 2.24) is 9.88 Å². The average molecular weight is 445 g/mol. The first-order valence-corrected chi connectivity index (χ1v) is 11.0. The van der Waals surface area contributed by atoms with Crippen LogP contribution in [0.5, 0.6) is 0 Å². The van der Waals surface area contributed by atoms with E-state index in [0.717, 1.165) is 18.5 Å². The first-order valence-electron chi connectivity index (χ1n) is 11.0. The molecule has 1 aliphatic heterocycles. The van der Waals surface area contributed by atoms with Gasteiger partial charge in [-0.3, -0.25) is 4.79 Å². The number of pyridine rings is 1. The fourth-order valence-electron chi connectivity index (χ4n) is 4.23. The maximum absolute atomic E-state index is 13.3.